The molecule has 2 aromatic carbocycles. The Kier molecular flexibility index (Phi) is 6.22. The van der Waals surface area contributed by atoms with Crippen LogP contribution in [0.4, 0.5) is 8.78 Å². The normalized spacial score (nSPS) is 11.8. The van der Waals surface area contributed by atoms with Crippen molar-refractivity contribution in [2.75, 3.05) is 13.6 Å². The third-order valence-electron chi connectivity index (χ3n) is 4.44. The lowest BCUT2D eigenvalue weighted by Gasteiger charge is -2.17. The molecular weight excluding hydrogens is 356 g/mol. The molecule has 0 aliphatic rings. The van der Waals surface area contributed by atoms with Gasteiger partial charge >= 0.3 is 0 Å². The monoisotopic (exact) mass is 377 g/mol. The van der Waals surface area contributed by atoms with Crippen LogP contribution in [-0.2, 0) is 19.0 Å². The van der Waals surface area contributed by atoms with E-state index < -0.39 is 6.43 Å². The first kappa shape index (κ1) is 18.8. The highest BCUT2D eigenvalue weighted by molar-refractivity contribution is 6.16. The quantitative estimate of drug-likeness (QED) is 0.501. The second kappa shape index (κ2) is 8.60. The first-order valence-electron chi connectivity index (χ1n) is 8.64. The lowest BCUT2D eigenvalue weighted by molar-refractivity contribution is 0.151. The van der Waals surface area contributed by atoms with Gasteiger partial charge < -0.3 is 9.47 Å². The van der Waals surface area contributed by atoms with Crippen LogP contribution in [0.25, 0.3) is 11.0 Å². The Morgan fingerprint density at radius 2 is 1.92 bits per heavy atom. The predicted molar refractivity (Wildman–Crippen MR) is 102 cm³/mol. The summed E-state index contributed by atoms with van der Waals surface area (Å²) in [6.45, 7) is 2.57. The molecule has 0 bridgehead atoms. The van der Waals surface area contributed by atoms with E-state index in [2.05, 4.69) is 29.1 Å². The van der Waals surface area contributed by atoms with Crippen LogP contribution in [0.15, 0.2) is 48.5 Å². The van der Waals surface area contributed by atoms with Crippen LogP contribution in [0.3, 0.4) is 0 Å². The molecule has 0 saturated carbocycles. The molecule has 0 atom stereocenters. The van der Waals surface area contributed by atoms with E-state index in [1.54, 1.807) is 6.07 Å². The van der Waals surface area contributed by atoms with Crippen molar-refractivity contribution in [3.63, 3.8) is 0 Å². The number of fused-ring (bicyclic) bond motifs is 1. The highest BCUT2D eigenvalue weighted by Crippen LogP contribution is 2.25. The third kappa shape index (κ3) is 4.40. The van der Waals surface area contributed by atoms with E-state index >= 15 is 0 Å². The van der Waals surface area contributed by atoms with Crippen molar-refractivity contribution in [3.05, 3.63) is 65.5 Å². The van der Waals surface area contributed by atoms with Gasteiger partial charge in [-0.1, -0.05) is 36.4 Å². The Balaban J connectivity index is 1.66. The van der Waals surface area contributed by atoms with Crippen LogP contribution in [0, 0.1) is 0 Å². The van der Waals surface area contributed by atoms with Gasteiger partial charge in [-0.25, -0.2) is 13.8 Å². The molecule has 0 aliphatic heterocycles. The van der Waals surface area contributed by atoms with Gasteiger partial charge in [-0.05, 0) is 37.7 Å². The van der Waals surface area contributed by atoms with E-state index in [0.717, 1.165) is 37.4 Å². The first-order chi connectivity index (χ1) is 12.6. The summed E-state index contributed by atoms with van der Waals surface area (Å²) in [5, 5.41) is 0. The fraction of sp³-hybridized carbons (Fsp3) is 0.350. The van der Waals surface area contributed by atoms with Crippen LogP contribution < -0.4 is 0 Å². The van der Waals surface area contributed by atoms with Crippen molar-refractivity contribution >= 4 is 22.6 Å². The third-order valence-corrected chi connectivity index (χ3v) is 4.68. The van der Waals surface area contributed by atoms with Gasteiger partial charge in [-0.2, -0.15) is 0 Å². The molecular formula is C20H22ClF2N3. The van der Waals surface area contributed by atoms with Crippen LogP contribution in [0.1, 0.15) is 29.8 Å². The highest BCUT2D eigenvalue weighted by atomic mass is 35.5. The summed E-state index contributed by atoms with van der Waals surface area (Å²) in [5.41, 5.74) is 2.71. The summed E-state index contributed by atoms with van der Waals surface area (Å²) in [4.78, 5) is 6.69. The zero-order valence-corrected chi connectivity index (χ0v) is 15.5. The Morgan fingerprint density at radius 1 is 1.15 bits per heavy atom. The predicted octanol–water partition coefficient (Wildman–Crippen LogP) is 5.23. The van der Waals surface area contributed by atoms with Crippen molar-refractivity contribution < 1.29 is 8.78 Å². The Morgan fingerprint density at radius 3 is 2.62 bits per heavy atom. The summed E-state index contributed by atoms with van der Waals surface area (Å²) in [6.07, 6.45) is -1.56. The molecule has 0 saturated heterocycles. The second-order valence-corrected chi connectivity index (χ2v) is 6.71. The van der Waals surface area contributed by atoms with E-state index in [1.165, 1.54) is 17.7 Å². The van der Waals surface area contributed by atoms with E-state index in [9.17, 15) is 8.78 Å². The second-order valence-electron chi connectivity index (χ2n) is 6.44. The van der Waals surface area contributed by atoms with Gasteiger partial charge in [0.05, 0.1) is 16.9 Å². The minimum Gasteiger partial charge on any atom is -0.327 e. The summed E-state index contributed by atoms with van der Waals surface area (Å²) >= 11 is 6.01. The topological polar surface area (TPSA) is 21.1 Å². The SMILES string of the molecule is CN(CCCn1c(CCl)nc2cc(C(F)F)ccc21)Cc1ccccc1. The van der Waals surface area contributed by atoms with Crippen molar-refractivity contribution in [1.29, 1.82) is 0 Å². The van der Waals surface area contributed by atoms with Crippen LogP contribution in [0.5, 0.6) is 0 Å². The summed E-state index contributed by atoms with van der Waals surface area (Å²) in [7, 11) is 2.09. The molecule has 1 heterocycles. The lowest BCUT2D eigenvalue weighted by Crippen LogP contribution is -2.20. The van der Waals surface area contributed by atoms with Crippen molar-refractivity contribution in [2.24, 2.45) is 0 Å². The molecule has 0 N–H and O–H groups in total. The van der Waals surface area contributed by atoms with Gasteiger partial charge in [0.1, 0.15) is 5.82 Å². The molecule has 1 aromatic heterocycles. The highest BCUT2D eigenvalue weighted by Gasteiger charge is 2.14. The molecule has 0 fully saturated rings. The summed E-state index contributed by atoms with van der Waals surface area (Å²) < 4.78 is 27.8. The number of nitrogens with zero attached hydrogens (tertiary/aromatic N) is 3. The molecule has 0 aliphatic carbocycles. The maximum atomic E-state index is 12.9. The fourth-order valence-corrected chi connectivity index (χ4v) is 3.36. The summed E-state index contributed by atoms with van der Waals surface area (Å²) in [6, 6.07) is 15.0. The number of hydrogen-bond acceptors (Lipinski definition) is 2. The van der Waals surface area contributed by atoms with Gasteiger partial charge in [0.15, 0.2) is 0 Å². The average molecular weight is 378 g/mol. The number of hydrogen-bond donors (Lipinski definition) is 0. The van der Waals surface area contributed by atoms with Crippen LogP contribution in [0.2, 0.25) is 0 Å². The molecule has 0 amide bonds. The van der Waals surface area contributed by atoms with Gasteiger partial charge in [0.2, 0.25) is 0 Å². The molecule has 26 heavy (non-hydrogen) atoms. The number of benzene rings is 2. The Labute approximate surface area is 157 Å². The summed E-state index contributed by atoms with van der Waals surface area (Å²) in [5.74, 6) is 0.984. The molecule has 138 valence electrons. The zero-order valence-electron chi connectivity index (χ0n) is 14.7. The number of aromatic nitrogens is 2. The van der Waals surface area contributed by atoms with E-state index in [-0.39, 0.29) is 11.4 Å². The smallest absolute Gasteiger partial charge is 0.263 e. The molecule has 0 unspecified atom stereocenters. The molecule has 3 rings (SSSR count). The number of alkyl halides is 3. The molecule has 3 nitrogen and oxygen atoms in total. The number of imidazole rings is 1. The largest absolute Gasteiger partial charge is 0.327 e. The zero-order chi connectivity index (χ0) is 18.5. The van der Waals surface area contributed by atoms with E-state index in [4.69, 9.17) is 11.6 Å². The van der Waals surface area contributed by atoms with Gasteiger partial charge in [0.25, 0.3) is 6.43 Å². The van der Waals surface area contributed by atoms with Crippen molar-refractivity contribution in [1.82, 2.24) is 14.5 Å². The molecule has 3 aromatic rings. The molecule has 0 radical (unpaired) electrons. The first-order valence-corrected chi connectivity index (χ1v) is 9.17. The number of rotatable bonds is 8. The standard InChI is InChI=1S/C20H22ClF2N3/c1-25(14-15-6-3-2-4-7-15)10-5-11-26-18-9-8-16(20(22)23)12-17(18)24-19(26)13-21/h2-4,6-9,12,20H,5,10-11,13-14H2,1H3. The number of aryl methyl sites for hydroxylation is 1. The Bertz CT molecular complexity index is 849. The minimum atomic E-state index is -2.49. The molecule has 0 spiro atoms. The fourth-order valence-electron chi connectivity index (χ4n) is 3.16. The van der Waals surface area contributed by atoms with Gasteiger partial charge in [-0.15, -0.1) is 11.6 Å². The average Bonchev–Trinajstić information content (AvgIpc) is 2.99. The van der Waals surface area contributed by atoms with Gasteiger partial charge in [0, 0.05) is 18.7 Å². The minimum absolute atomic E-state index is 0.00846. The maximum Gasteiger partial charge on any atom is 0.263 e. The lowest BCUT2D eigenvalue weighted by atomic mass is 10.2. The number of halogens is 3. The van der Waals surface area contributed by atoms with Crippen molar-refractivity contribution in [3.8, 4) is 0 Å². The van der Waals surface area contributed by atoms with E-state index in [0.29, 0.717) is 5.52 Å². The maximum absolute atomic E-state index is 12.9. The van der Waals surface area contributed by atoms with Crippen LogP contribution >= 0.6 is 11.6 Å². The van der Waals surface area contributed by atoms with Gasteiger partial charge in [-0.3, -0.25) is 0 Å². The van der Waals surface area contributed by atoms with Crippen molar-refractivity contribution in [2.45, 2.75) is 31.8 Å². The molecule has 6 heteroatoms. The van der Waals surface area contributed by atoms with Crippen LogP contribution in [-0.4, -0.2) is 28.0 Å². The Hall–Kier alpha value is -1.98. The van der Waals surface area contributed by atoms with E-state index in [1.807, 2.05) is 22.8 Å².